The lowest BCUT2D eigenvalue weighted by Crippen LogP contribution is -1.95. The van der Waals surface area contributed by atoms with Crippen LogP contribution in [0.15, 0.2) is 243 Å². The number of hydrogen-bond acceptors (Lipinski definition) is 2. The summed E-state index contributed by atoms with van der Waals surface area (Å²) >= 11 is 0. The Morgan fingerprint density at radius 3 is 1.15 bits per heavy atom. The van der Waals surface area contributed by atoms with E-state index in [-0.39, 0.29) is 0 Å². The van der Waals surface area contributed by atoms with Gasteiger partial charge in [0, 0.05) is 18.0 Å². The summed E-state index contributed by atoms with van der Waals surface area (Å²) in [5.74, 6) is 0. The Morgan fingerprint density at radius 2 is 0.629 bits per heavy atom. The summed E-state index contributed by atoms with van der Waals surface area (Å²) in [7, 11) is 0. The second-order valence-corrected chi connectivity index (χ2v) is 15.7. The van der Waals surface area contributed by atoms with E-state index in [2.05, 4.69) is 217 Å². The number of benzene rings is 9. The normalized spacial score (nSPS) is 11.2. The molecule has 11 rings (SSSR count). The molecule has 9 aromatic carbocycles. The Labute approximate surface area is 362 Å². The van der Waals surface area contributed by atoms with Gasteiger partial charge in [0.2, 0.25) is 0 Å². The van der Waals surface area contributed by atoms with Gasteiger partial charge in [-0.1, -0.05) is 206 Å². The average Bonchev–Trinajstić information content (AvgIpc) is 3.36. The van der Waals surface area contributed by atoms with E-state index in [1.165, 1.54) is 88.3 Å². The number of pyridine rings is 2. The second-order valence-electron chi connectivity index (χ2n) is 15.7. The quantitative estimate of drug-likeness (QED) is 0.143. The Balaban J connectivity index is 1.13. The van der Waals surface area contributed by atoms with Gasteiger partial charge in [-0.25, -0.2) is 0 Å². The summed E-state index contributed by atoms with van der Waals surface area (Å²) in [4.78, 5) is 9.43. The first kappa shape index (κ1) is 36.8. The summed E-state index contributed by atoms with van der Waals surface area (Å²) in [5, 5.41) is 4.81. The monoisotopic (exact) mass is 788 g/mol. The molecular formula is C60H40N2. The molecule has 0 saturated carbocycles. The molecule has 62 heavy (non-hydrogen) atoms. The summed E-state index contributed by atoms with van der Waals surface area (Å²) in [6, 6.07) is 83.0. The van der Waals surface area contributed by atoms with Crippen LogP contribution in [0.2, 0.25) is 0 Å². The van der Waals surface area contributed by atoms with Crippen molar-refractivity contribution in [3.63, 3.8) is 0 Å². The molecule has 11 aromatic rings. The van der Waals surface area contributed by atoms with Crippen molar-refractivity contribution in [3.05, 3.63) is 243 Å². The lowest BCUT2D eigenvalue weighted by molar-refractivity contribution is 1.25. The van der Waals surface area contributed by atoms with Crippen LogP contribution in [-0.2, 0) is 0 Å². The maximum atomic E-state index is 4.89. The summed E-state index contributed by atoms with van der Waals surface area (Å²) in [5.41, 5.74) is 18.3. The molecule has 0 amide bonds. The average molecular weight is 789 g/mol. The predicted octanol–water partition coefficient (Wildman–Crippen LogP) is 16.1. The van der Waals surface area contributed by atoms with Crippen LogP contribution in [0.1, 0.15) is 0 Å². The van der Waals surface area contributed by atoms with E-state index in [1.54, 1.807) is 0 Å². The number of aromatic nitrogens is 2. The Hall–Kier alpha value is -8.20. The summed E-state index contributed by atoms with van der Waals surface area (Å²) in [6.45, 7) is 0. The van der Waals surface area contributed by atoms with Crippen molar-refractivity contribution in [1.82, 2.24) is 9.97 Å². The fourth-order valence-electron chi connectivity index (χ4n) is 9.02. The second kappa shape index (κ2) is 16.1. The molecule has 0 fully saturated rings. The molecule has 0 atom stereocenters. The van der Waals surface area contributed by atoms with Gasteiger partial charge in [0.05, 0.1) is 11.4 Å². The van der Waals surface area contributed by atoms with Gasteiger partial charge in [-0.05, 0) is 118 Å². The lowest BCUT2D eigenvalue weighted by atomic mass is 9.81. The third kappa shape index (κ3) is 6.84. The lowest BCUT2D eigenvalue weighted by Gasteiger charge is -2.22. The first-order valence-electron chi connectivity index (χ1n) is 21.1. The van der Waals surface area contributed by atoms with Crippen LogP contribution in [-0.4, -0.2) is 9.97 Å². The van der Waals surface area contributed by atoms with Crippen molar-refractivity contribution < 1.29 is 0 Å². The van der Waals surface area contributed by atoms with Gasteiger partial charge in [0.25, 0.3) is 0 Å². The van der Waals surface area contributed by atoms with E-state index in [0.29, 0.717) is 0 Å². The van der Waals surface area contributed by atoms with Crippen LogP contribution in [0.3, 0.4) is 0 Å². The first-order chi connectivity index (χ1) is 30.8. The van der Waals surface area contributed by atoms with E-state index in [1.807, 2.05) is 30.6 Å². The highest BCUT2D eigenvalue weighted by Crippen LogP contribution is 2.49. The van der Waals surface area contributed by atoms with Gasteiger partial charge in [-0.15, -0.1) is 0 Å². The van der Waals surface area contributed by atoms with Crippen LogP contribution < -0.4 is 0 Å². The molecule has 0 spiro atoms. The van der Waals surface area contributed by atoms with E-state index in [4.69, 9.17) is 4.98 Å². The molecule has 2 heterocycles. The molecule has 290 valence electrons. The fourth-order valence-corrected chi connectivity index (χ4v) is 9.02. The molecule has 2 nitrogen and oxygen atoms in total. The van der Waals surface area contributed by atoms with Gasteiger partial charge in [0.15, 0.2) is 0 Å². The molecule has 0 N–H and O–H groups in total. The highest BCUT2D eigenvalue weighted by atomic mass is 14.8. The summed E-state index contributed by atoms with van der Waals surface area (Å²) < 4.78 is 0. The van der Waals surface area contributed by atoms with Crippen LogP contribution in [0.4, 0.5) is 0 Å². The van der Waals surface area contributed by atoms with Gasteiger partial charge in [-0.2, -0.15) is 0 Å². The number of fused-ring (bicyclic) bond motifs is 2. The SMILES string of the molecule is c1ccc(-c2ccc(-c3ccccc3-c3c4ccccc4c(-c4ccccc4-c4ccc(-c5ccccc5)cc4)c4cc(-c5ccc(-c6ccccn6)nc5)ccc34)cc2)cc1. The van der Waals surface area contributed by atoms with Crippen LogP contribution in [0.25, 0.3) is 111 Å². The number of hydrogen-bond donors (Lipinski definition) is 0. The standard InChI is InChI=1S/C60H40N2/c1-3-15-41(16-4-1)43-26-30-45(31-27-43)49-19-7-9-21-51(49)59-53-23-11-12-24-54(53)60(52-22-10-8-20-50(52)46-32-28-44(29-33-46)42-17-5-2-6-18-42)56-39-47(34-36-55(56)59)48-35-37-58(62-40-48)57-25-13-14-38-61-57/h1-40H. The molecule has 0 unspecified atom stereocenters. The van der Waals surface area contributed by atoms with Crippen molar-refractivity contribution in [1.29, 1.82) is 0 Å². The van der Waals surface area contributed by atoms with Crippen molar-refractivity contribution in [2.75, 3.05) is 0 Å². The first-order valence-corrected chi connectivity index (χ1v) is 21.1. The van der Waals surface area contributed by atoms with E-state index in [0.717, 1.165) is 22.5 Å². The zero-order valence-corrected chi connectivity index (χ0v) is 34.0. The smallest absolute Gasteiger partial charge is 0.0886 e. The van der Waals surface area contributed by atoms with Crippen LogP contribution in [0, 0.1) is 0 Å². The molecule has 0 radical (unpaired) electrons. The highest BCUT2D eigenvalue weighted by Gasteiger charge is 2.21. The molecule has 0 aliphatic carbocycles. The molecule has 2 heteroatoms. The maximum Gasteiger partial charge on any atom is 0.0886 e. The minimum atomic E-state index is 0.852. The Bertz CT molecular complexity index is 3340. The van der Waals surface area contributed by atoms with Gasteiger partial charge in [-0.3, -0.25) is 9.97 Å². The third-order valence-electron chi connectivity index (χ3n) is 12.0. The van der Waals surface area contributed by atoms with Crippen molar-refractivity contribution >= 4 is 21.5 Å². The highest BCUT2D eigenvalue weighted by molar-refractivity contribution is 6.24. The molecule has 0 saturated heterocycles. The molecule has 0 aliphatic rings. The number of rotatable bonds is 8. The number of nitrogens with zero attached hydrogens (tertiary/aromatic N) is 2. The maximum absolute atomic E-state index is 4.89. The molecule has 0 bridgehead atoms. The topological polar surface area (TPSA) is 25.8 Å². The fraction of sp³-hybridized carbons (Fsp3) is 0. The minimum Gasteiger partial charge on any atom is -0.255 e. The van der Waals surface area contributed by atoms with Gasteiger partial charge >= 0.3 is 0 Å². The molecular weight excluding hydrogens is 749 g/mol. The Kier molecular flexibility index (Phi) is 9.57. The minimum absolute atomic E-state index is 0.852. The van der Waals surface area contributed by atoms with E-state index >= 15 is 0 Å². The van der Waals surface area contributed by atoms with Crippen molar-refractivity contribution in [3.8, 4) is 89.3 Å². The zero-order valence-electron chi connectivity index (χ0n) is 34.0. The van der Waals surface area contributed by atoms with Crippen LogP contribution in [0.5, 0.6) is 0 Å². The Morgan fingerprint density at radius 1 is 0.226 bits per heavy atom. The van der Waals surface area contributed by atoms with Crippen molar-refractivity contribution in [2.45, 2.75) is 0 Å². The third-order valence-corrected chi connectivity index (χ3v) is 12.0. The van der Waals surface area contributed by atoms with Gasteiger partial charge in [0.1, 0.15) is 0 Å². The molecule has 0 aliphatic heterocycles. The predicted molar refractivity (Wildman–Crippen MR) is 261 cm³/mol. The molecule has 2 aromatic heterocycles. The summed E-state index contributed by atoms with van der Waals surface area (Å²) in [6.07, 6.45) is 3.79. The zero-order chi connectivity index (χ0) is 41.2. The van der Waals surface area contributed by atoms with E-state index in [9.17, 15) is 0 Å². The van der Waals surface area contributed by atoms with E-state index < -0.39 is 0 Å². The largest absolute Gasteiger partial charge is 0.255 e. The van der Waals surface area contributed by atoms with Crippen molar-refractivity contribution in [2.24, 2.45) is 0 Å². The van der Waals surface area contributed by atoms with Crippen LogP contribution >= 0.6 is 0 Å². The van der Waals surface area contributed by atoms with Gasteiger partial charge < -0.3 is 0 Å².